The second kappa shape index (κ2) is 6.26. The molecule has 2 rings (SSSR count). The maximum atomic E-state index is 12.4. The first-order valence-corrected chi connectivity index (χ1v) is 7.65. The van der Waals surface area contributed by atoms with Crippen molar-refractivity contribution >= 4 is 17.2 Å². The van der Waals surface area contributed by atoms with Crippen LogP contribution in [0.3, 0.4) is 0 Å². The van der Waals surface area contributed by atoms with Crippen molar-refractivity contribution in [1.82, 2.24) is 10.3 Å². The molecule has 1 aromatic carbocycles. The molecule has 0 bridgehead atoms. The molecule has 2 aromatic rings. The number of carbonyl (C=O) groups excluding carboxylic acids is 1. The van der Waals surface area contributed by atoms with Crippen LogP contribution in [0.4, 0.5) is 0 Å². The van der Waals surface area contributed by atoms with Crippen molar-refractivity contribution in [2.75, 3.05) is 7.11 Å². The van der Waals surface area contributed by atoms with Gasteiger partial charge in [0.15, 0.2) is 0 Å². The third kappa shape index (κ3) is 3.61. The Hall–Kier alpha value is -1.88. The predicted molar refractivity (Wildman–Crippen MR) is 84.7 cm³/mol. The summed E-state index contributed by atoms with van der Waals surface area (Å²) in [6.45, 7) is 6.24. The second-order valence-corrected chi connectivity index (χ2v) is 6.36. The molecule has 0 saturated carbocycles. The smallest absolute Gasteiger partial charge is 0.230 e. The number of carbonyl (C=O) groups is 1. The molecule has 1 aromatic heterocycles. The van der Waals surface area contributed by atoms with Gasteiger partial charge < -0.3 is 10.1 Å². The van der Waals surface area contributed by atoms with Crippen molar-refractivity contribution in [2.24, 2.45) is 0 Å². The summed E-state index contributed by atoms with van der Waals surface area (Å²) in [5.74, 6) is 0.772. The summed E-state index contributed by atoms with van der Waals surface area (Å²) >= 11 is 1.56. The van der Waals surface area contributed by atoms with Crippen LogP contribution < -0.4 is 10.1 Å². The van der Waals surface area contributed by atoms with E-state index in [4.69, 9.17) is 4.74 Å². The standard InChI is InChI=1S/C16H20N2O2S/c1-11-10-21-14(18-11)9-17-15(19)16(2,3)12-5-7-13(20-4)8-6-12/h5-8,10H,9H2,1-4H3,(H,17,19). The Labute approximate surface area is 129 Å². The highest BCUT2D eigenvalue weighted by atomic mass is 32.1. The normalized spacial score (nSPS) is 11.2. The number of rotatable bonds is 5. The number of ether oxygens (including phenoxy) is 1. The van der Waals surface area contributed by atoms with E-state index in [1.54, 1.807) is 18.4 Å². The Morgan fingerprint density at radius 1 is 1.33 bits per heavy atom. The van der Waals surface area contributed by atoms with E-state index in [9.17, 15) is 4.79 Å². The van der Waals surface area contributed by atoms with Crippen molar-refractivity contribution in [3.8, 4) is 5.75 Å². The van der Waals surface area contributed by atoms with Crippen LogP contribution >= 0.6 is 11.3 Å². The van der Waals surface area contributed by atoms with Gasteiger partial charge >= 0.3 is 0 Å². The number of thiazole rings is 1. The van der Waals surface area contributed by atoms with Gasteiger partial charge in [-0.05, 0) is 38.5 Å². The van der Waals surface area contributed by atoms with E-state index >= 15 is 0 Å². The van der Waals surface area contributed by atoms with E-state index in [1.807, 2.05) is 50.4 Å². The first kappa shape index (κ1) is 15.5. The van der Waals surface area contributed by atoms with Gasteiger partial charge in [0.1, 0.15) is 10.8 Å². The minimum Gasteiger partial charge on any atom is -0.497 e. The number of hydrogen-bond acceptors (Lipinski definition) is 4. The fraction of sp³-hybridized carbons (Fsp3) is 0.375. The zero-order valence-electron chi connectivity index (χ0n) is 12.8. The van der Waals surface area contributed by atoms with Gasteiger partial charge in [-0.2, -0.15) is 0 Å². The van der Waals surface area contributed by atoms with E-state index in [0.717, 1.165) is 22.0 Å². The Balaban J connectivity index is 2.04. The molecule has 4 nitrogen and oxygen atoms in total. The third-order valence-electron chi connectivity index (χ3n) is 3.45. The zero-order chi connectivity index (χ0) is 15.5. The average molecular weight is 304 g/mol. The van der Waals surface area contributed by atoms with Crippen LogP contribution in [0.1, 0.15) is 30.1 Å². The molecule has 1 heterocycles. The summed E-state index contributed by atoms with van der Waals surface area (Å²) in [5, 5.41) is 5.86. The van der Waals surface area contributed by atoms with Gasteiger partial charge in [0.25, 0.3) is 0 Å². The van der Waals surface area contributed by atoms with Crippen molar-refractivity contribution < 1.29 is 9.53 Å². The molecule has 0 aliphatic carbocycles. The number of benzene rings is 1. The molecule has 21 heavy (non-hydrogen) atoms. The zero-order valence-corrected chi connectivity index (χ0v) is 13.6. The van der Waals surface area contributed by atoms with E-state index in [-0.39, 0.29) is 5.91 Å². The molecule has 5 heteroatoms. The van der Waals surface area contributed by atoms with E-state index in [1.165, 1.54) is 0 Å². The summed E-state index contributed by atoms with van der Waals surface area (Å²) in [4.78, 5) is 16.8. The lowest BCUT2D eigenvalue weighted by Gasteiger charge is -2.24. The minimum atomic E-state index is -0.599. The highest BCUT2D eigenvalue weighted by Crippen LogP contribution is 2.25. The van der Waals surface area contributed by atoms with E-state index < -0.39 is 5.41 Å². The molecule has 112 valence electrons. The molecule has 0 aliphatic rings. The Kier molecular flexibility index (Phi) is 4.63. The van der Waals surface area contributed by atoms with Gasteiger partial charge in [0, 0.05) is 11.1 Å². The lowest BCUT2D eigenvalue weighted by molar-refractivity contribution is -0.125. The third-order valence-corrected chi connectivity index (χ3v) is 4.41. The van der Waals surface area contributed by atoms with Gasteiger partial charge in [0.05, 0.1) is 19.1 Å². The van der Waals surface area contributed by atoms with Crippen LogP contribution in [0.5, 0.6) is 5.75 Å². The molecule has 0 radical (unpaired) electrons. The SMILES string of the molecule is COc1ccc(C(C)(C)C(=O)NCc2nc(C)cs2)cc1. The van der Waals surface area contributed by atoms with Crippen molar-refractivity contribution in [3.63, 3.8) is 0 Å². The van der Waals surface area contributed by atoms with Crippen LogP contribution in [0, 0.1) is 6.92 Å². The summed E-state index contributed by atoms with van der Waals surface area (Å²) in [7, 11) is 1.63. The van der Waals surface area contributed by atoms with Crippen LogP contribution in [-0.4, -0.2) is 18.0 Å². The maximum Gasteiger partial charge on any atom is 0.230 e. The molecule has 0 saturated heterocycles. The van der Waals surface area contributed by atoms with Gasteiger partial charge in [0.2, 0.25) is 5.91 Å². The molecule has 1 N–H and O–H groups in total. The fourth-order valence-corrected chi connectivity index (χ4v) is 2.71. The van der Waals surface area contributed by atoms with Gasteiger partial charge in [-0.25, -0.2) is 4.98 Å². The highest BCUT2D eigenvalue weighted by molar-refractivity contribution is 7.09. The lowest BCUT2D eigenvalue weighted by atomic mass is 9.83. The molecular weight excluding hydrogens is 284 g/mol. The number of aromatic nitrogens is 1. The number of nitrogens with one attached hydrogen (secondary N) is 1. The van der Waals surface area contributed by atoms with Gasteiger partial charge in [-0.3, -0.25) is 4.79 Å². The van der Waals surface area contributed by atoms with Crippen LogP contribution in [0.25, 0.3) is 0 Å². The first-order chi connectivity index (χ1) is 9.93. The molecule has 0 unspecified atom stereocenters. The lowest BCUT2D eigenvalue weighted by Crippen LogP contribution is -2.39. The maximum absolute atomic E-state index is 12.4. The predicted octanol–water partition coefficient (Wildman–Crippen LogP) is 3.05. The number of amides is 1. The van der Waals surface area contributed by atoms with Crippen LogP contribution in [0.15, 0.2) is 29.6 Å². The van der Waals surface area contributed by atoms with Crippen LogP contribution in [0.2, 0.25) is 0 Å². The quantitative estimate of drug-likeness (QED) is 0.923. The molecule has 0 atom stereocenters. The topological polar surface area (TPSA) is 51.2 Å². The number of nitrogens with zero attached hydrogens (tertiary/aromatic N) is 1. The molecule has 0 aliphatic heterocycles. The fourth-order valence-electron chi connectivity index (χ4n) is 2.00. The van der Waals surface area contributed by atoms with Gasteiger partial charge in [-0.1, -0.05) is 12.1 Å². The summed E-state index contributed by atoms with van der Waals surface area (Å²) in [5.41, 5.74) is 1.34. The molecule has 0 spiro atoms. The number of methoxy groups -OCH3 is 1. The monoisotopic (exact) mass is 304 g/mol. The summed E-state index contributed by atoms with van der Waals surface area (Å²) in [6.07, 6.45) is 0. The molecule has 1 amide bonds. The van der Waals surface area contributed by atoms with Crippen molar-refractivity contribution in [3.05, 3.63) is 45.9 Å². The Morgan fingerprint density at radius 3 is 2.52 bits per heavy atom. The van der Waals surface area contributed by atoms with Crippen molar-refractivity contribution in [2.45, 2.75) is 32.7 Å². The van der Waals surface area contributed by atoms with Gasteiger partial charge in [-0.15, -0.1) is 11.3 Å². The Morgan fingerprint density at radius 2 is 2.00 bits per heavy atom. The first-order valence-electron chi connectivity index (χ1n) is 6.77. The second-order valence-electron chi connectivity index (χ2n) is 5.42. The number of hydrogen-bond donors (Lipinski definition) is 1. The Bertz CT molecular complexity index is 617. The average Bonchev–Trinajstić information content (AvgIpc) is 2.90. The molecular formula is C16H20N2O2S. The van der Waals surface area contributed by atoms with Crippen LogP contribution in [-0.2, 0) is 16.8 Å². The number of aryl methyl sites for hydroxylation is 1. The molecule has 0 fully saturated rings. The highest BCUT2D eigenvalue weighted by Gasteiger charge is 2.29. The van der Waals surface area contributed by atoms with Crippen molar-refractivity contribution in [1.29, 1.82) is 0 Å². The summed E-state index contributed by atoms with van der Waals surface area (Å²) in [6, 6.07) is 7.58. The van der Waals surface area contributed by atoms with E-state index in [0.29, 0.717) is 6.54 Å². The van der Waals surface area contributed by atoms with E-state index in [2.05, 4.69) is 10.3 Å². The minimum absolute atomic E-state index is 0.0134. The largest absolute Gasteiger partial charge is 0.497 e. The summed E-state index contributed by atoms with van der Waals surface area (Å²) < 4.78 is 5.14.